The van der Waals surface area contributed by atoms with E-state index in [1.54, 1.807) is 0 Å². The molecule has 0 atom stereocenters. The molecule has 0 radical (unpaired) electrons. The van der Waals surface area contributed by atoms with Gasteiger partial charge < -0.3 is 4.57 Å². The van der Waals surface area contributed by atoms with Crippen molar-refractivity contribution in [2.45, 2.75) is 40.2 Å². The van der Waals surface area contributed by atoms with Crippen LogP contribution in [0.5, 0.6) is 0 Å². The summed E-state index contributed by atoms with van der Waals surface area (Å²) in [5, 5.41) is 0. The summed E-state index contributed by atoms with van der Waals surface area (Å²) in [6.45, 7) is 7.84. The first kappa shape index (κ1) is 10.6. The van der Waals surface area contributed by atoms with Crippen molar-refractivity contribution in [1.82, 2.24) is 4.57 Å². The Morgan fingerprint density at radius 3 is 2.59 bits per heavy atom. The lowest BCUT2D eigenvalue weighted by Crippen LogP contribution is -1.98. The lowest BCUT2D eigenvalue weighted by atomic mass is 9.97. The molecule has 0 saturated heterocycles. The minimum absolute atomic E-state index is 1.18. The van der Waals surface area contributed by atoms with Crippen LogP contribution in [0, 0.1) is 20.8 Å². The molecule has 1 aromatic carbocycles. The Balaban J connectivity index is 2.19. The van der Waals surface area contributed by atoms with E-state index in [9.17, 15) is 0 Å². The molecule has 0 fully saturated rings. The van der Waals surface area contributed by atoms with Gasteiger partial charge in [-0.3, -0.25) is 0 Å². The van der Waals surface area contributed by atoms with E-state index in [-0.39, 0.29) is 0 Å². The van der Waals surface area contributed by atoms with Gasteiger partial charge >= 0.3 is 0 Å². The monoisotopic (exact) mass is 225 g/mol. The molecule has 0 N–H and O–H groups in total. The average Bonchev–Trinajstić information content (AvgIpc) is 2.89. The molecule has 2 heterocycles. The maximum Gasteiger partial charge on any atom is 0.0485 e. The summed E-state index contributed by atoms with van der Waals surface area (Å²) in [5.41, 5.74) is 8.55. The van der Waals surface area contributed by atoms with Gasteiger partial charge in [0, 0.05) is 23.5 Å². The second-order valence-corrected chi connectivity index (χ2v) is 5.15. The molecule has 1 aliphatic rings. The van der Waals surface area contributed by atoms with Gasteiger partial charge in [0.05, 0.1) is 0 Å². The Morgan fingerprint density at radius 1 is 0.941 bits per heavy atom. The molecular weight excluding hydrogens is 206 g/mol. The van der Waals surface area contributed by atoms with E-state index in [1.807, 2.05) is 0 Å². The number of nitrogens with zero attached hydrogens (tertiary/aromatic N) is 1. The Morgan fingerprint density at radius 2 is 1.76 bits per heavy atom. The molecule has 3 rings (SSSR count). The minimum atomic E-state index is 1.18. The predicted molar refractivity (Wildman–Crippen MR) is 72.4 cm³/mol. The lowest BCUT2D eigenvalue weighted by molar-refractivity contribution is 0.756. The Labute approximate surface area is 103 Å². The van der Waals surface area contributed by atoms with Gasteiger partial charge in [0.15, 0.2) is 0 Å². The van der Waals surface area contributed by atoms with Crippen LogP contribution in [0.25, 0.3) is 11.3 Å². The smallest absolute Gasteiger partial charge is 0.0485 e. The lowest BCUT2D eigenvalue weighted by Gasteiger charge is -2.13. The summed E-state index contributed by atoms with van der Waals surface area (Å²) in [5.74, 6) is 0. The van der Waals surface area contributed by atoms with E-state index in [0.717, 1.165) is 0 Å². The van der Waals surface area contributed by atoms with Crippen LogP contribution in [0.2, 0.25) is 0 Å². The van der Waals surface area contributed by atoms with Gasteiger partial charge in [-0.25, -0.2) is 0 Å². The highest BCUT2D eigenvalue weighted by molar-refractivity contribution is 5.67. The summed E-state index contributed by atoms with van der Waals surface area (Å²) in [6, 6.07) is 9.09. The van der Waals surface area contributed by atoms with Gasteiger partial charge in [0.1, 0.15) is 0 Å². The average molecular weight is 225 g/mol. The van der Waals surface area contributed by atoms with Crippen LogP contribution in [0.4, 0.5) is 0 Å². The molecule has 0 spiro atoms. The number of fused-ring (bicyclic) bond motifs is 1. The summed E-state index contributed by atoms with van der Waals surface area (Å²) >= 11 is 0. The summed E-state index contributed by atoms with van der Waals surface area (Å²) < 4.78 is 2.48. The van der Waals surface area contributed by atoms with Crippen molar-refractivity contribution in [2.75, 3.05) is 0 Å². The molecule has 1 heteroatoms. The normalized spacial score (nSPS) is 14.1. The van der Waals surface area contributed by atoms with Crippen molar-refractivity contribution >= 4 is 0 Å². The summed E-state index contributed by atoms with van der Waals surface area (Å²) in [6.07, 6.45) is 2.54. The van der Waals surface area contributed by atoms with E-state index < -0.39 is 0 Å². The van der Waals surface area contributed by atoms with Crippen LogP contribution in [0.1, 0.15) is 28.8 Å². The zero-order valence-corrected chi connectivity index (χ0v) is 10.9. The zero-order valence-electron chi connectivity index (χ0n) is 10.9. The molecule has 1 aromatic heterocycles. The maximum atomic E-state index is 2.48. The number of rotatable bonds is 1. The van der Waals surface area contributed by atoms with E-state index in [2.05, 4.69) is 49.6 Å². The van der Waals surface area contributed by atoms with Crippen LogP contribution in [-0.2, 0) is 13.0 Å². The molecule has 0 bridgehead atoms. The number of aromatic nitrogens is 1. The third kappa shape index (κ3) is 1.53. The Bertz CT molecular complexity index is 575. The largest absolute Gasteiger partial charge is 0.345 e. The zero-order chi connectivity index (χ0) is 12.0. The molecule has 0 amide bonds. The molecule has 1 aliphatic heterocycles. The van der Waals surface area contributed by atoms with Crippen molar-refractivity contribution in [3.8, 4) is 11.3 Å². The van der Waals surface area contributed by atoms with Crippen LogP contribution >= 0.6 is 0 Å². The van der Waals surface area contributed by atoms with Gasteiger partial charge in [0.25, 0.3) is 0 Å². The number of hydrogen-bond donors (Lipinski definition) is 0. The SMILES string of the molecule is Cc1ccc(-c2ccc3n2CCC3)c(C)c1C. The quantitative estimate of drug-likeness (QED) is 0.690. The Kier molecular flexibility index (Phi) is 2.36. The summed E-state index contributed by atoms with van der Waals surface area (Å²) in [7, 11) is 0. The highest BCUT2D eigenvalue weighted by Gasteiger charge is 2.16. The standard InChI is InChI=1S/C16H19N/c1-11-6-8-15(13(3)12(11)2)16-9-7-14-5-4-10-17(14)16/h6-9H,4-5,10H2,1-3H3. The fourth-order valence-corrected chi connectivity index (χ4v) is 2.88. The highest BCUT2D eigenvalue weighted by atomic mass is 15.0. The van der Waals surface area contributed by atoms with Crippen molar-refractivity contribution < 1.29 is 0 Å². The minimum Gasteiger partial charge on any atom is -0.345 e. The van der Waals surface area contributed by atoms with Crippen molar-refractivity contribution in [1.29, 1.82) is 0 Å². The molecule has 17 heavy (non-hydrogen) atoms. The predicted octanol–water partition coefficient (Wildman–Crippen LogP) is 4.03. The van der Waals surface area contributed by atoms with Gasteiger partial charge in [-0.2, -0.15) is 0 Å². The third-order valence-corrected chi connectivity index (χ3v) is 4.22. The van der Waals surface area contributed by atoms with E-state index in [0.29, 0.717) is 0 Å². The fourth-order valence-electron chi connectivity index (χ4n) is 2.88. The second-order valence-electron chi connectivity index (χ2n) is 5.15. The molecular formula is C16H19N. The first-order valence-corrected chi connectivity index (χ1v) is 6.44. The highest BCUT2D eigenvalue weighted by Crippen LogP contribution is 2.31. The number of benzene rings is 1. The first-order valence-electron chi connectivity index (χ1n) is 6.44. The summed E-state index contributed by atoms with van der Waals surface area (Å²) in [4.78, 5) is 0. The molecule has 0 unspecified atom stereocenters. The van der Waals surface area contributed by atoms with Gasteiger partial charge in [-0.15, -0.1) is 0 Å². The topological polar surface area (TPSA) is 4.93 Å². The fraction of sp³-hybridized carbons (Fsp3) is 0.375. The number of aryl methyl sites for hydroxylation is 2. The van der Waals surface area contributed by atoms with Crippen LogP contribution < -0.4 is 0 Å². The van der Waals surface area contributed by atoms with Gasteiger partial charge in [0.2, 0.25) is 0 Å². The van der Waals surface area contributed by atoms with Crippen LogP contribution in [0.15, 0.2) is 24.3 Å². The van der Waals surface area contributed by atoms with E-state index >= 15 is 0 Å². The molecule has 0 aliphatic carbocycles. The first-order chi connectivity index (χ1) is 8.18. The Hall–Kier alpha value is -1.50. The van der Waals surface area contributed by atoms with Gasteiger partial charge in [-0.05, 0) is 62.4 Å². The van der Waals surface area contributed by atoms with Crippen molar-refractivity contribution in [3.05, 3.63) is 46.6 Å². The molecule has 88 valence electrons. The van der Waals surface area contributed by atoms with Crippen molar-refractivity contribution in [2.24, 2.45) is 0 Å². The number of hydrogen-bond acceptors (Lipinski definition) is 0. The maximum absolute atomic E-state index is 2.48. The van der Waals surface area contributed by atoms with Crippen LogP contribution in [-0.4, -0.2) is 4.57 Å². The van der Waals surface area contributed by atoms with Crippen LogP contribution in [0.3, 0.4) is 0 Å². The van der Waals surface area contributed by atoms with E-state index in [1.165, 1.54) is 53.0 Å². The molecule has 1 nitrogen and oxygen atoms in total. The van der Waals surface area contributed by atoms with Crippen molar-refractivity contribution in [3.63, 3.8) is 0 Å². The van der Waals surface area contributed by atoms with Gasteiger partial charge in [-0.1, -0.05) is 12.1 Å². The molecule has 2 aromatic rings. The second kappa shape index (κ2) is 3.76. The molecule has 0 saturated carbocycles. The van der Waals surface area contributed by atoms with E-state index in [4.69, 9.17) is 0 Å². The third-order valence-electron chi connectivity index (χ3n) is 4.22.